The summed E-state index contributed by atoms with van der Waals surface area (Å²) in [6, 6.07) is 0. The predicted molar refractivity (Wildman–Crippen MR) is 110 cm³/mol. The van der Waals surface area contributed by atoms with Gasteiger partial charge in [-0.1, -0.05) is 0 Å². The van der Waals surface area contributed by atoms with Crippen LogP contribution in [-0.2, 0) is 13.0 Å². The highest BCUT2D eigenvalue weighted by molar-refractivity contribution is 7.18. The second-order valence-electron chi connectivity index (χ2n) is 7.01. The summed E-state index contributed by atoms with van der Waals surface area (Å²) in [5.74, 6) is 2.03. The topological polar surface area (TPSA) is 45.2 Å². The number of hydrogen-bond acceptors (Lipinski definition) is 7. The first kappa shape index (κ1) is 17.8. The van der Waals surface area contributed by atoms with Crippen molar-refractivity contribution in [2.45, 2.75) is 39.7 Å². The Morgan fingerprint density at radius 3 is 2.73 bits per heavy atom. The Kier molecular flexibility index (Phi) is 5.20. The van der Waals surface area contributed by atoms with Gasteiger partial charge in [0, 0.05) is 36.5 Å². The van der Waals surface area contributed by atoms with Gasteiger partial charge in [-0.3, -0.25) is 4.90 Å². The molecule has 0 atom stereocenters. The number of likely N-dealkylation sites (N-methyl/N-ethyl adjacent to an activating group) is 1. The fourth-order valence-electron chi connectivity index (χ4n) is 3.50. The Hall–Kier alpha value is -1.57. The Labute approximate surface area is 162 Å². The fourth-order valence-corrected chi connectivity index (χ4v) is 5.16. The molecule has 0 bridgehead atoms. The van der Waals surface area contributed by atoms with Crippen LogP contribution < -0.4 is 4.90 Å². The predicted octanol–water partition coefficient (Wildman–Crippen LogP) is 4.04. The number of likely N-dealkylation sites (tertiary alicyclic amines) is 1. The van der Waals surface area contributed by atoms with Crippen LogP contribution in [0.15, 0.2) is 11.6 Å². The molecule has 4 rings (SSSR count). The Morgan fingerprint density at radius 1 is 1.19 bits per heavy atom. The molecule has 0 amide bonds. The van der Waals surface area contributed by atoms with Gasteiger partial charge in [0.1, 0.15) is 16.5 Å². The van der Waals surface area contributed by atoms with Gasteiger partial charge in [0.15, 0.2) is 0 Å². The van der Waals surface area contributed by atoms with Gasteiger partial charge in [0.25, 0.3) is 0 Å². The molecule has 3 aromatic rings. The molecule has 5 nitrogen and oxygen atoms in total. The molecule has 0 aromatic carbocycles. The average molecular weight is 388 g/mol. The summed E-state index contributed by atoms with van der Waals surface area (Å²) in [4.78, 5) is 21.5. The van der Waals surface area contributed by atoms with E-state index in [9.17, 15) is 0 Å². The van der Waals surface area contributed by atoms with Crippen LogP contribution in [0.5, 0.6) is 0 Å². The number of thiophene rings is 1. The Balaban J connectivity index is 1.65. The van der Waals surface area contributed by atoms with Crippen LogP contribution in [0.3, 0.4) is 0 Å². The zero-order chi connectivity index (χ0) is 18.1. The van der Waals surface area contributed by atoms with Crippen molar-refractivity contribution in [2.24, 2.45) is 0 Å². The number of fused-ring (bicyclic) bond motifs is 1. The van der Waals surface area contributed by atoms with Gasteiger partial charge in [-0.2, -0.15) is 0 Å². The van der Waals surface area contributed by atoms with E-state index >= 15 is 0 Å². The molecule has 1 fully saturated rings. The number of anilines is 1. The molecule has 0 aliphatic carbocycles. The van der Waals surface area contributed by atoms with Crippen molar-refractivity contribution in [2.75, 3.05) is 31.6 Å². The monoisotopic (exact) mass is 387 g/mol. The van der Waals surface area contributed by atoms with Crippen LogP contribution in [0.25, 0.3) is 10.2 Å². The summed E-state index contributed by atoms with van der Waals surface area (Å²) in [6.45, 7) is 8.48. The lowest BCUT2D eigenvalue weighted by atomic mass is 10.2. The van der Waals surface area contributed by atoms with Crippen molar-refractivity contribution in [1.29, 1.82) is 0 Å². The van der Waals surface area contributed by atoms with E-state index in [4.69, 9.17) is 9.97 Å². The van der Waals surface area contributed by atoms with E-state index in [1.54, 1.807) is 22.7 Å². The largest absolute Gasteiger partial charge is 0.359 e. The summed E-state index contributed by atoms with van der Waals surface area (Å²) >= 11 is 3.51. The summed E-state index contributed by atoms with van der Waals surface area (Å²) in [7, 11) is 2.14. The molecule has 1 aliphatic heterocycles. The number of nitrogens with zero attached hydrogens (tertiary/aromatic N) is 5. The minimum absolute atomic E-state index is 0.860. The molecule has 0 spiro atoms. The lowest BCUT2D eigenvalue weighted by Crippen LogP contribution is -2.24. The molecule has 138 valence electrons. The molecule has 0 radical (unpaired) electrons. The molecule has 0 unspecified atom stereocenters. The van der Waals surface area contributed by atoms with Crippen molar-refractivity contribution >= 4 is 38.7 Å². The lowest BCUT2D eigenvalue weighted by Gasteiger charge is -2.21. The van der Waals surface area contributed by atoms with Gasteiger partial charge in [-0.05, 0) is 45.3 Å². The maximum atomic E-state index is 5.00. The zero-order valence-corrected chi connectivity index (χ0v) is 17.3. The minimum atomic E-state index is 0.860. The first-order chi connectivity index (χ1) is 12.6. The number of aryl methyl sites for hydroxylation is 2. The van der Waals surface area contributed by atoms with Crippen molar-refractivity contribution in [3.05, 3.63) is 32.8 Å². The lowest BCUT2D eigenvalue weighted by molar-refractivity contribution is 0.323. The zero-order valence-electron chi connectivity index (χ0n) is 15.7. The number of thiazole rings is 1. The summed E-state index contributed by atoms with van der Waals surface area (Å²) in [6.07, 6.45) is 5.41. The van der Waals surface area contributed by atoms with Crippen molar-refractivity contribution in [3.63, 3.8) is 0 Å². The molecule has 1 saturated heterocycles. The summed E-state index contributed by atoms with van der Waals surface area (Å²) in [5.41, 5.74) is 1.31. The third kappa shape index (κ3) is 3.61. The smallest absolute Gasteiger partial charge is 0.146 e. The number of hydrogen-bond donors (Lipinski definition) is 0. The molecule has 1 aliphatic rings. The van der Waals surface area contributed by atoms with Crippen molar-refractivity contribution < 1.29 is 0 Å². The minimum Gasteiger partial charge on any atom is -0.359 e. The van der Waals surface area contributed by atoms with Crippen molar-refractivity contribution in [1.82, 2.24) is 19.9 Å². The molecular weight excluding hydrogens is 362 g/mol. The maximum Gasteiger partial charge on any atom is 0.146 e. The Morgan fingerprint density at radius 2 is 2.00 bits per heavy atom. The van der Waals surface area contributed by atoms with Crippen LogP contribution in [0.4, 0.5) is 5.82 Å². The molecule has 0 saturated carbocycles. The maximum absolute atomic E-state index is 5.00. The van der Waals surface area contributed by atoms with E-state index in [1.165, 1.54) is 46.8 Å². The molecular formula is C19H25N5S2. The van der Waals surface area contributed by atoms with E-state index in [0.717, 1.165) is 36.0 Å². The van der Waals surface area contributed by atoms with Crippen LogP contribution >= 0.6 is 22.7 Å². The highest BCUT2D eigenvalue weighted by Crippen LogP contribution is 2.35. The SMILES string of the molecule is Cc1sc2nc(CN3CCCC3)nc(N(C)CCc3nccs3)c2c1C. The van der Waals surface area contributed by atoms with Crippen LogP contribution in [-0.4, -0.2) is 46.5 Å². The molecule has 7 heteroatoms. The van der Waals surface area contributed by atoms with Gasteiger partial charge >= 0.3 is 0 Å². The van der Waals surface area contributed by atoms with E-state index in [1.807, 2.05) is 11.6 Å². The normalized spacial score (nSPS) is 15.2. The van der Waals surface area contributed by atoms with Crippen LogP contribution in [0.1, 0.15) is 34.1 Å². The fraction of sp³-hybridized carbons (Fsp3) is 0.526. The Bertz CT molecular complexity index is 881. The third-order valence-electron chi connectivity index (χ3n) is 5.13. The molecule has 3 aromatic heterocycles. The summed E-state index contributed by atoms with van der Waals surface area (Å²) < 4.78 is 0. The summed E-state index contributed by atoms with van der Waals surface area (Å²) in [5, 5.41) is 4.44. The van der Waals surface area contributed by atoms with Crippen molar-refractivity contribution in [3.8, 4) is 0 Å². The number of aromatic nitrogens is 3. The van der Waals surface area contributed by atoms with E-state index in [0.29, 0.717) is 0 Å². The standard InChI is InChI=1S/C19H25N5S2/c1-13-14(2)26-19-17(13)18(23(3)10-6-16-20-7-11-25-16)21-15(22-19)12-24-8-4-5-9-24/h7,11H,4-6,8-10,12H2,1-3H3. The number of rotatable bonds is 6. The van der Waals surface area contributed by atoms with Gasteiger partial charge in [-0.15, -0.1) is 22.7 Å². The highest BCUT2D eigenvalue weighted by Gasteiger charge is 2.20. The molecule has 4 heterocycles. The van der Waals surface area contributed by atoms with Gasteiger partial charge in [0.2, 0.25) is 0 Å². The highest BCUT2D eigenvalue weighted by atomic mass is 32.1. The second kappa shape index (κ2) is 7.58. The van der Waals surface area contributed by atoms with Gasteiger partial charge < -0.3 is 4.90 Å². The van der Waals surface area contributed by atoms with E-state index in [-0.39, 0.29) is 0 Å². The third-order valence-corrected chi connectivity index (χ3v) is 7.07. The second-order valence-corrected chi connectivity index (χ2v) is 9.19. The molecule has 26 heavy (non-hydrogen) atoms. The van der Waals surface area contributed by atoms with Gasteiger partial charge in [0.05, 0.1) is 16.9 Å². The van der Waals surface area contributed by atoms with Crippen LogP contribution in [0, 0.1) is 13.8 Å². The average Bonchev–Trinajstić information content (AvgIpc) is 3.36. The molecule has 0 N–H and O–H groups in total. The van der Waals surface area contributed by atoms with Crippen LogP contribution in [0.2, 0.25) is 0 Å². The quantitative estimate of drug-likeness (QED) is 0.639. The first-order valence-electron chi connectivity index (χ1n) is 9.20. The first-order valence-corrected chi connectivity index (χ1v) is 10.9. The van der Waals surface area contributed by atoms with E-state index in [2.05, 4.69) is 35.7 Å². The van der Waals surface area contributed by atoms with E-state index < -0.39 is 0 Å². The van der Waals surface area contributed by atoms with Gasteiger partial charge in [-0.25, -0.2) is 15.0 Å².